The average Bonchev–Trinajstić information content (AvgIpc) is 3.18. The molecule has 4 N–H and O–H groups in total. The van der Waals surface area contributed by atoms with Crippen molar-refractivity contribution in [1.29, 1.82) is 0 Å². The van der Waals surface area contributed by atoms with E-state index in [1.165, 1.54) is 0 Å². The first-order valence-corrected chi connectivity index (χ1v) is 9.96. The molecule has 30 heavy (non-hydrogen) atoms. The molecule has 0 heterocycles. The monoisotopic (exact) mass is 453 g/mol. The number of hydrogen-bond acceptors (Lipinski definition) is 4. The van der Waals surface area contributed by atoms with E-state index in [0.29, 0.717) is 21.2 Å². The van der Waals surface area contributed by atoms with Gasteiger partial charge in [-0.05, 0) is 41.8 Å². The second kappa shape index (κ2) is 7.20. The Kier molecular flexibility index (Phi) is 5.05. The van der Waals surface area contributed by atoms with Crippen molar-refractivity contribution in [3.05, 3.63) is 69.7 Å². The molecule has 0 aromatic heterocycles. The van der Waals surface area contributed by atoms with E-state index in [9.17, 15) is 24.2 Å². The molecule has 2 aromatic carbocycles. The number of aliphatic carboxylic acids is 2. The fourth-order valence-corrected chi connectivity index (χ4v) is 4.81. The van der Waals surface area contributed by atoms with Gasteiger partial charge in [0.15, 0.2) is 0 Å². The molecule has 0 aliphatic heterocycles. The number of alkyl halides is 1. The number of hydrogen-bond donors (Lipinski definition) is 3. The highest BCUT2D eigenvalue weighted by atomic mass is 35.5. The van der Waals surface area contributed by atoms with Gasteiger partial charge < -0.3 is 20.7 Å². The van der Waals surface area contributed by atoms with Crippen molar-refractivity contribution < 1.29 is 28.9 Å². The molecule has 158 valence electrons. The highest BCUT2D eigenvalue weighted by molar-refractivity contribution is 6.30. The number of ether oxygens (including phenoxy) is 1. The Bertz CT molecular complexity index is 956. The van der Waals surface area contributed by atoms with Gasteiger partial charge in [0.25, 0.3) is 0 Å². The molecule has 5 atom stereocenters. The molecule has 2 fully saturated rings. The number of fused-ring (bicyclic) bond motifs is 1. The van der Waals surface area contributed by atoms with E-state index >= 15 is 0 Å². The molecule has 0 saturated heterocycles. The SMILES string of the molecule is N[C@@]1(C(=O)O)C(OC(c2ccc(Cl)cc2)c2ccc(Cl)cc2)CC2C1[C@@]2(F)C(=O)O. The quantitative estimate of drug-likeness (QED) is 0.614. The van der Waals surface area contributed by atoms with Crippen LogP contribution in [0.15, 0.2) is 48.5 Å². The molecule has 2 saturated carbocycles. The zero-order chi connectivity index (χ0) is 21.8. The first-order chi connectivity index (χ1) is 14.1. The second-order valence-corrected chi connectivity index (χ2v) is 8.61. The van der Waals surface area contributed by atoms with Crippen LogP contribution in [0.4, 0.5) is 4.39 Å². The predicted octanol–water partition coefficient (Wildman–Crippen LogP) is 3.69. The summed E-state index contributed by atoms with van der Waals surface area (Å²) in [5.74, 6) is -5.57. The van der Waals surface area contributed by atoms with Crippen molar-refractivity contribution in [2.24, 2.45) is 17.6 Å². The fourth-order valence-electron chi connectivity index (χ4n) is 4.56. The van der Waals surface area contributed by atoms with Crippen LogP contribution in [0.1, 0.15) is 23.7 Å². The van der Waals surface area contributed by atoms with E-state index in [1.807, 2.05) is 0 Å². The zero-order valence-electron chi connectivity index (χ0n) is 15.5. The van der Waals surface area contributed by atoms with Gasteiger partial charge in [0, 0.05) is 21.9 Å². The van der Waals surface area contributed by atoms with E-state index in [0.717, 1.165) is 0 Å². The van der Waals surface area contributed by atoms with Crippen molar-refractivity contribution in [2.75, 3.05) is 0 Å². The van der Waals surface area contributed by atoms with Crippen molar-refractivity contribution in [2.45, 2.75) is 29.8 Å². The summed E-state index contributed by atoms with van der Waals surface area (Å²) in [4.78, 5) is 23.4. The Hall–Kier alpha value is -2.19. The van der Waals surface area contributed by atoms with E-state index in [2.05, 4.69) is 0 Å². The minimum atomic E-state index is -2.65. The maximum absolute atomic E-state index is 14.8. The lowest BCUT2D eigenvalue weighted by molar-refractivity contribution is -0.157. The van der Waals surface area contributed by atoms with Crippen LogP contribution in [-0.4, -0.2) is 39.5 Å². The maximum atomic E-state index is 14.8. The predicted molar refractivity (Wildman–Crippen MR) is 107 cm³/mol. The van der Waals surface area contributed by atoms with E-state index in [4.69, 9.17) is 33.7 Å². The molecule has 0 radical (unpaired) electrons. The summed E-state index contributed by atoms with van der Waals surface area (Å²) in [5, 5.41) is 20.0. The van der Waals surface area contributed by atoms with Gasteiger partial charge in [-0.3, -0.25) is 4.79 Å². The molecule has 9 heteroatoms. The molecular formula is C21H18Cl2FNO5. The smallest absolute Gasteiger partial charge is 0.342 e. The molecule has 2 aliphatic carbocycles. The first-order valence-electron chi connectivity index (χ1n) is 9.21. The normalized spacial score (nSPS) is 32.1. The van der Waals surface area contributed by atoms with Crippen molar-refractivity contribution in [3.63, 3.8) is 0 Å². The van der Waals surface area contributed by atoms with Crippen LogP contribution >= 0.6 is 23.2 Å². The molecular weight excluding hydrogens is 436 g/mol. The average molecular weight is 454 g/mol. The number of carboxylic acid groups (broad SMARTS) is 2. The van der Waals surface area contributed by atoms with E-state index < -0.39 is 47.2 Å². The van der Waals surface area contributed by atoms with Gasteiger partial charge in [-0.25, -0.2) is 9.18 Å². The highest BCUT2D eigenvalue weighted by Gasteiger charge is 2.85. The fraction of sp³-hybridized carbons (Fsp3) is 0.333. The van der Waals surface area contributed by atoms with Crippen LogP contribution in [0.5, 0.6) is 0 Å². The number of nitrogens with two attached hydrogens (primary N) is 1. The van der Waals surface area contributed by atoms with Crippen LogP contribution in [-0.2, 0) is 14.3 Å². The molecule has 0 spiro atoms. The number of benzene rings is 2. The molecule has 6 nitrogen and oxygen atoms in total. The van der Waals surface area contributed by atoms with Gasteiger partial charge in [0.1, 0.15) is 11.6 Å². The van der Waals surface area contributed by atoms with Gasteiger partial charge in [0.05, 0.1) is 6.10 Å². The summed E-state index contributed by atoms with van der Waals surface area (Å²) < 4.78 is 21.0. The molecule has 4 rings (SSSR count). The Balaban J connectivity index is 1.70. The van der Waals surface area contributed by atoms with Gasteiger partial charge in [-0.1, -0.05) is 47.5 Å². The third kappa shape index (κ3) is 3.08. The number of carbonyl (C=O) groups is 2. The molecule has 2 aromatic rings. The third-order valence-corrected chi connectivity index (χ3v) is 6.65. The Morgan fingerprint density at radius 3 is 1.87 bits per heavy atom. The van der Waals surface area contributed by atoms with Crippen LogP contribution in [0.2, 0.25) is 10.0 Å². The Morgan fingerprint density at radius 2 is 1.47 bits per heavy atom. The maximum Gasteiger partial charge on any atom is 0.342 e. The molecule has 0 bridgehead atoms. The number of carboxylic acids is 2. The van der Waals surface area contributed by atoms with Gasteiger partial charge in [-0.2, -0.15) is 0 Å². The zero-order valence-corrected chi connectivity index (χ0v) is 17.0. The van der Waals surface area contributed by atoms with Gasteiger partial charge >= 0.3 is 11.9 Å². The highest BCUT2D eigenvalue weighted by Crippen LogP contribution is 2.67. The lowest BCUT2D eigenvalue weighted by Crippen LogP contribution is -2.60. The third-order valence-electron chi connectivity index (χ3n) is 6.14. The van der Waals surface area contributed by atoms with Crippen molar-refractivity contribution in [1.82, 2.24) is 0 Å². The molecule has 2 aliphatic rings. The number of rotatable bonds is 6. The van der Waals surface area contributed by atoms with E-state index in [-0.39, 0.29) is 6.42 Å². The Morgan fingerprint density at radius 1 is 1.00 bits per heavy atom. The lowest BCUT2D eigenvalue weighted by Gasteiger charge is -2.34. The number of halogens is 3. The van der Waals surface area contributed by atoms with Crippen LogP contribution in [0.3, 0.4) is 0 Å². The molecule has 3 unspecified atom stereocenters. The molecule has 0 amide bonds. The van der Waals surface area contributed by atoms with Crippen LogP contribution < -0.4 is 5.73 Å². The van der Waals surface area contributed by atoms with Crippen molar-refractivity contribution in [3.8, 4) is 0 Å². The van der Waals surface area contributed by atoms with Gasteiger partial charge in [-0.15, -0.1) is 0 Å². The largest absolute Gasteiger partial charge is 0.480 e. The van der Waals surface area contributed by atoms with Crippen LogP contribution in [0.25, 0.3) is 0 Å². The minimum Gasteiger partial charge on any atom is -0.480 e. The van der Waals surface area contributed by atoms with Crippen molar-refractivity contribution >= 4 is 35.1 Å². The standard InChI is InChI=1S/C21H18Cl2FNO5/c22-12-5-1-10(2-6-12)16(11-3-7-13(23)8-4-11)30-15-9-14-17(20(14,24)18(26)27)21(15,25)19(28)29/h1-8,14-17H,9,25H2,(H,26,27)(H,28,29)/t14?,15?,17?,20-,21+/m1/s1. The lowest BCUT2D eigenvalue weighted by atomic mass is 9.87. The second-order valence-electron chi connectivity index (χ2n) is 7.74. The van der Waals surface area contributed by atoms with E-state index in [1.54, 1.807) is 48.5 Å². The Labute approximate surface area is 181 Å². The summed E-state index contributed by atoms with van der Waals surface area (Å²) in [6.07, 6.45) is -1.94. The first kappa shape index (κ1) is 21.1. The summed E-state index contributed by atoms with van der Waals surface area (Å²) in [5.41, 5.74) is 2.67. The summed E-state index contributed by atoms with van der Waals surface area (Å²) in [6, 6.07) is 13.6. The summed E-state index contributed by atoms with van der Waals surface area (Å²) in [6.45, 7) is 0. The topological polar surface area (TPSA) is 110 Å². The van der Waals surface area contributed by atoms with Crippen LogP contribution in [0, 0.1) is 11.8 Å². The van der Waals surface area contributed by atoms with Gasteiger partial charge in [0.2, 0.25) is 5.67 Å². The minimum absolute atomic E-state index is 0.117. The summed E-state index contributed by atoms with van der Waals surface area (Å²) >= 11 is 11.9. The summed E-state index contributed by atoms with van der Waals surface area (Å²) in [7, 11) is 0.